The molecule has 5 nitrogen and oxygen atoms in total. The summed E-state index contributed by atoms with van der Waals surface area (Å²) in [6.45, 7) is 9.27. The van der Waals surface area contributed by atoms with Crippen LogP contribution in [0.1, 0.15) is 57.2 Å². The summed E-state index contributed by atoms with van der Waals surface area (Å²) in [5.74, 6) is -1.70. The van der Waals surface area contributed by atoms with E-state index in [4.69, 9.17) is 4.74 Å². The Bertz CT molecular complexity index is 964. The number of carbonyl (C=O) groups is 1. The van der Waals surface area contributed by atoms with Crippen molar-refractivity contribution in [2.45, 2.75) is 70.1 Å². The van der Waals surface area contributed by atoms with Crippen molar-refractivity contribution in [2.24, 2.45) is 0 Å². The first-order valence-corrected chi connectivity index (χ1v) is 11.8. The standard InChI is InChI=1S/C27H36F2N2O3/c1-18(32)31-24(14-19-12-22(28)16-23(29)13-19)25(33)17-30-27(8-10-34-11-9-27)21-7-5-6-20(15-21)26(2,3)4/h5-7,12-13,15-16,24-25,30,33H,8-11,14,17H2,1-4H3,(H,31,32)/t24-,25-/m0/s1. The van der Waals surface area contributed by atoms with Gasteiger partial charge in [0, 0.05) is 38.3 Å². The smallest absolute Gasteiger partial charge is 0.217 e. The monoisotopic (exact) mass is 474 g/mol. The van der Waals surface area contributed by atoms with Crippen molar-refractivity contribution in [1.82, 2.24) is 10.6 Å². The van der Waals surface area contributed by atoms with E-state index in [0.717, 1.165) is 24.5 Å². The van der Waals surface area contributed by atoms with E-state index in [1.807, 2.05) is 0 Å². The van der Waals surface area contributed by atoms with Gasteiger partial charge >= 0.3 is 0 Å². The lowest BCUT2D eigenvalue weighted by atomic mass is 9.78. The highest BCUT2D eigenvalue weighted by molar-refractivity contribution is 5.73. The van der Waals surface area contributed by atoms with Crippen LogP contribution < -0.4 is 10.6 Å². The van der Waals surface area contributed by atoms with Gasteiger partial charge in [0.2, 0.25) is 5.91 Å². The third kappa shape index (κ3) is 6.84. The summed E-state index contributed by atoms with van der Waals surface area (Å²) in [5, 5.41) is 17.3. The van der Waals surface area contributed by atoms with Crippen LogP contribution >= 0.6 is 0 Å². The Morgan fingerprint density at radius 1 is 1.12 bits per heavy atom. The molecular weight excluding hydrogens is 438 g/mol. The molecule has 0 radical (unpaired) electrons. The SMILES string of the molecule is CC(=O)N[C@@H](Cc1cc(F)cc(F)c1)[C@@H](O)CNC1(c2cccc(C(C)(C)C)c2)CCOCC1. The van der Waals surface area contributed by atoms with E-state index in [-0.39, 0.29) is 29.8 Å². The molecule has 2 atom stereocenters. The molecule has 1 amide bonds. The molecule has 34 heavy (non-hydrogen) atoms. The van der Waals surface area contributed by atoms with Crippen LogP contribution in [0.15, 0.2) is 42.5 Å². The van der Waals surface area contributed by atoms with Crippen molar-refractivity contribution >= 4 is 5.91 Å². The maximum absolute atomic E-state index is 13.7. The van der Waals surface area contributed by atoms with Gasteiger partial charge in [0.15, 0.2) is 0 Å². The molecule has 3 rings (SSSR count). The summed E-state index contributed by atoms with van der Waals surface area (Å²) in [5.41, 5.74) is 2.35. The summed E-state index contributed by atoms with van der Waals surface area (Å²) in [4.78, 5) is 11.8. The van der Waals surface area contributed by atoms with Crippen LogP contribution in [0.4, 0.5) is 8.78 Å². The first-order valence-electron chi connectivity index (χ1n) is 11.8. The van der Waals surface area contributed by atoms with E-state index in [2.05, 4.69) is 55.7 Å². The van der Waals surface area contributed by atoms with Crippen molar-refractivity contribution in [3.8, 4) is 0 Å². The second-order valence-corrected chi connectivity index (χ2v) is 10.3. The van der Waals surface area contributed by atoms with Gasteiger partial charge in [-0.15, -0.1) is 0 Å². The molecule has 2 aromatic rings. The molecule has 2 aromatic carbocycles. The first-order chi connectivity index (χ1) is 16.0. The van der Waals surface area contributed by atoms with Gasteiger partial charge in [0.1, 0.15) is 11.6 Å². The van der Waals surface area contributed by atoms with Crippen molar-refractivity contribution < 1.29 is 23.4 Å². The molecule has 1 heterocycles. The van der Waals surface area contributed by atoms with E-state index < -0.39 is 23.8 Å². The summed E-state index contributed by atoms with van der Waals surface area (Å²) in [7, 11) is 0. The zero-order valence-corrected chi connectivity index (χ0v) is 20.5. The fourth-order valence-electron chi connectivity index (χ4n) is 4.54. The lowest BCUT2D eigenvalue weighted by Crippen LogP contribution is -2.54. The van der Waals surface area contributed by atoms with Crippen LogP contribution in [0, 0.1) is 11.6 Å². The summed E-state index contributed by atoms with van der Waals surface area (Å²) in [6, 6.07) is 11.0. The number of carbonyl (C=O) groups excluding carboxylic acids is 1. The van der Waals surface area contributed by atoms with Crippen molar-refractivity contribution in [2.75, 3.05) is 19.8 Å². The minimum absolute atomic E-state index is 0.00137. The van der Waals surface area contributed by atoms with Crippen molar-refractivity contribution in [3.05, 3.63) is 70.8 Å². The van der Waals surface area contributed by atoms with E-state index in [9.17, 15) is 18.7 Å². The van der Waals surface area contributed by atoms with Gasteiger partial charge in [-0.2, -0.15) is 0 Å². The predicted octanol–water partition coefficient (Wildman–Crippen LogP) is 3.97. The molecule has 0 aromatic heterocycles. The van der Waals surface area contributed by atoms with Gasteiger partial charge in [-0.1, -0.05) is 45.0 Å². The van der Waals surface area contributed by atoms with Crippen LogP contribution in [-0.4, -0.2) is 42.9 Å². The number of hydrogen-bond donors (Lipinski definition) is 3. The Kier molecular flexibility index (Phi) is 8.44. The summed E-state index contributed by atoms with van der Waals surface area (Å²) >= 11 is 0. The number of rotatable bonds is 8. The van der Waals surface area contributed by atoms with E-state index in [0.29, 0.717) is 18.8 Å². The van der Waals surface area contributed by atoms with Crippen LogP contribution in [-0.2, 0) is 26.9 Å². The lowest BCUT2D eigenvalue weighted by molar-refractivity contribution is -0.120. The Hall–Kier alpha value is -2.35. The van der Waals surface area contributed by atoms with Gasteiger partial charge in [-0.25, -0.2) is 8.78 Å². The number of aliphatic hydroxyl groups excluding tert-OH is 1. The minimum atomic E-state index is -0.972. The molecule has 1 aliphatic rings. The molecule has 7 heteroatoms. The Morgan fingerprint density at radius 3 is 2.35 bits per heavy atom. The highest BCUT2D eigenvalue weighted by atomic mass is 19.1. The number of ether oxygens (including phenoxy) is 1. The average Bonchev–Trinajstić information content (AvgIpc) is 2.76. The molecule has 3 N–H and O–H groups in total. The van der Waals surface area contributed by atoms with Crippen LogP contribution in [0.3, 0.4) is 0 Å². The number of aliphatic hydroxyl groups is 1. The maximum Gasteiger partial charge on any atom is 0.217 e. The summed E-state index contributed by atoms with van der Waals surface area (Å²) < 4.78 is 33.0. The average molecular weight is 475 g/mol. The third-order valence-corrected chi connectivity index (χ3v) is 6.51. The van der Waals surface area contributed by atoms with Crippen LogP contribution in [0.25, 0.3) is 0 Å². The second kappa shape index (κ2) is 10.9. The molecule has 1 saturated heterocycles. The molecule has 0 saturated carbocycles. The minimum Gasteiger partial charge on any atom is -0.390 e. The number of halogens is 2. The van der Waals surface area contributed by atoms with Gasteiger partial charge in [0.25, 0.3) is 0 Å². The fraction of sp³-hybridized carbons (Fsp3) is 0.519. The topological polar surface area (TPSA) is 70.6 Å². The molecule has 1 aliphatic heterocycles. The highest BCUT2D eigenvalue weighted by Gasteiger charge is 2.36. The zero-order valence-electron chi connectivity index (χ0n) is 20.5. The molecule has 0 spiro atoms. The first kappa shape index (κ1) is 26.3. The van der Waals surface area contributed by atoms with Crippen molar-refractivity contribution in [1.29, 1.82) is 0 Å². The second-order valence-electron chi connectivity index (χ2n) is 10.3. The van der Waals surface area contributed by atoms with Gasteiger partial charge in [0.05, 0.1) is 12.1 Å². The molecular formula is C27H36F2N2O3. The zero-order chi connectivity index (χ0) is 24.9. The van der Waals surface area contributed by atoms with Crippen LogP contribution in [0.5, 0.6) is 0 Å². The molecule has 0 unspecified atom stereocenters. The number of nitrogens with one attached hydrogen (secondary N) is 2. The van der Waals surface area contributed by atoms with Gasteiger partial charge < -0.3 is 20.5 Å². The van der Waals surface area contributed by atoms with E-state index in [1.54, 1.807) is 0 Å². The van der Waals surface area contributed by atoms with Gasteiger partial charge in [-0.05, 0) is 53.5 Å². The third-order valence-electron chi connectivity index (χ3n) is 6.51. The Morgan fingerprint density at radius 2 is 1.76 bits per heavy atom. The predicted molar refractivity (Wildman–Crippen MR) is 129 cm³/mol. The molecule has 1 fully saturated rings. The Balaban J connectivity index is 1.80. The molecule has 0 bridgehead atoms. The highest BCUT2D eigenvalue weighted by Crippen LogP contribution is 2.34. The number of hydrogen-bond acceptors (Lipinski definition) is 4. The number of benzene rings is 2. The molecule has 0 aliphatic carbocycles. The van der Waals surface area contributed by atoms with Crippen LogP contribution in [0.2, 0.25) is 0 Å². The van der Waals surface area contributed by atoms with Crippen molar-refractivity contribution in [3.63, 3.8) is 0 Å². The Labute approximate surface area is 200 Å². The summed E-state index contributed by atoms with van der Waals surface area (Å²) in [6.07, 6.45) is 0.619. The van der Waals surface area contributed by atoms with E-state index >= 15 is 0 Å². The number of amides is 1. The normalized spacial score (nSPS) is 17.7. The largest absolute Gasteiger partial charge is 0.390 e. The fourth-order valence-corrected chi connectivity index (χ4v) is 4.54. The lowest BCUT2D eigenvalue weighted by Gasteiger charge is -2.40. The molecule has 186 valence electrons. The van der Waals surface area contributed by atoms with E-state index in [1.165, 1.54) is 24.6 Å². The van der Waals surface area contributed by atoms with Gasteiger partial charge in [-0.3, -0.25) is 4.79 Å². The maximum atomic E-state index is 13.7. The quantitative estimate of drug-likeness (QED) is 0.542.